The van der Waals surface area contributed by atoms with E-state index in [0.29, 0.717) is 11.4 Å². The first kappa shape index (κ1) is 10.7. The summed E-state index contributed by atoms with van der Waals surface area (Å²) in [5.41, 5.74) is 7.39. The number of rotatable bonds is 4. The normalized spacial score (nSPS) is 16.5. The molecule has 0 aliphatic heterocycles. The van der Waals surface area contributed by atoms with E-state index in [0.717, 1.165) is 25.1 Å². The lowest BCUT2D eigenvalue weighted by Crippen LogP contribution is -2.23. The highest BCUT2D eigenvalue weighted by Crippen LogP contribution is 2.39. The van der Waals surface area contributed by atoms with Gasteiger partial charge in [-0.25, -0.2) is 4.98 Å². The molecule has 1 heterocycles. The van der Waals surface area contributed by atoms with Crippen molar-refractivity contribution in [3.05, 3.63) is 18.0 Å². The number of nitrogen functional groups attached to an aromatic ring is 1. The van der Waals surface area contributed by atoms with Gasteiger partial charge in [0.2, 0.25) is 0 Å². The summed E-state index contributed by atoms with van der Waals surface area (Å²) in [6, 6.07) is 3.51. The van der Waals surface area contributed by atoms with Gasteiger partial charge in [0.15, 0.2) is 0 Å². The third-order valence-electron chi connectivity index (χ3n) is 2.89. The Hall–Kier alpha value is -1.80. The van der Waals surface area contributed by atoms with Gasteiger partial charge in [0.25, 0.3) is 0 Å². The maximum atomic E-state index is 8.65. The maximum absolute atomic E-state index is 8.65. The molecule has 1 saturated carbocycles. The first-order valence-electron chi connectivity index (χ1n) is 5.14. The Balaban J connectivity index is 2.02. The zero-order valence-electron chi connectivity index (χ0n) is 9.16. The first-order chi connectivity index (χ1) is 7.69. The third-order valence-corrected chi connectivity index (χ3v) is 2.89. The smallest absolute Gasteiger partial charge is 0.142 e. The molecule has 0 spiro atoms. The molecule has 0 amide bonds. The molecule has 3 N–H and O–H groups in total. The minimum absolute atomic E-state index is 0.0274. The van der Waals surface area contributed by atoms with E-state index >= 15 is 0 Å². The van der Waals surface area contributed by atoms with Crippen molar-refractivity contribution in [1.82, 2.24) is 4.98 Å². The number of pyridine rings is 1. The van der Waals surface area contributed by atoms with Crippen molar-refractivity contribution in [2.24, 2.45) is 0 Å². The SMILES string of the molecule is COC1(CNc2cnc(C#N)cc2N)CC1. The molecule has 0 radical (unpaired) electrons. The summed E-state index contributed by atoms with van der Waals surface area (Å²) >= 11 is 0. The van der Waals surface area contributed by atoms with Gasteiger partial charge in [0.05, 0.1) is 23.2 Å². The molecular formula is C11H14N4O. The van der Waals surface area contributed by atoms with E-state index in [1.54, 1.807) is 19.4 Å². The number of ether oxygens (including phenoxy) is 1. The van der Waals surface area contributed by atoms with Crippen molar-refractivity contribution in [3.8, 4) is 6.07 Å². The summed E-state index contributed by atoms with van der Waals surface area (Å²) < 4.78 is 5.38. The zero-order chi connectivity index (χ0) is 11.6. The number of nitrogens with zero attached hydrogens (tertiary/aromatic N) is 2. The van der Waals surface area contributed by atoms with Crippen molar-refractivity contribution in [2.45, 2.75) is 18.4 Å². The number of anilines is 2. The standard InChI is InChI=1S/C11H14N4O/c1-16-11(2-3-11)7-15-10-6-14-8(5-12)4-9(10)13/h4,6,15H,2-3,7H2,1H3,(H2,13,14). The highest BCUT2D eigenvalue weighted by molar-refractivity contribution is 5.66. The molecule has 0 aromatic carbocycles. The van der Waals surface area contributed by atoms with Crippen molar-refractivity contribution in [1.29, 1.82) is 5.26 Å². The molecule has 0 saturated heterocycles. The van der Waals surface area contributed by atoms with Crippen LogP contribution in [0.2, 0.25) is 0 Å². The maximum Gasteiger partial charge on any atom is 0.142 e. The second kappa shape index (κ2) is 3.99. The molecule has 5 nitrogen and oxygen atoms in total. The van der Waals surface area contributed by atoms with Gasteiger partial charge in [0, 0.05) is 13.7 Å². The van der Waals surface area contributed by atoms with Gasteiger partial charge < -0.3 is 15.8 Å². The van der Waals surface area contributed by atoms with Gasteiger partial charge in [0.1, 0.15) is 11.8 Å². The number of nitriles is 1. The van der Waals surface area contributed by atoms with Crippen molar-refractivity contribution >= 4 is 11.4 Å². The Kier molecular flexibility index (Phi) is 2.67. The third kappa shape index (κ3) is 2.07. The first-order valence-corrected chi connectivity index (χ1v) is 5.14. The number of methoxy groups -OCH3 is 1. The minimum atomic E-state index is -0.0274. The molecule has 84 valence electrons. The number of hydrogen-bond donors (Lipinski definition) is 2. The lowest BCUT2D eigenvalue weighted by molar-refractivity contribution is 0.0914. The average Bonchev–Trinajstić information content (AvgIpc) is 3.08. The molecule has 1 aliphatic rings. The lowest BCUT2D eigenvalue weighted by atomic mass is 10.2. The Morgan fingerprint density at radius 1 is 1.69 bits per heavy atom. The second-order valence-corrected chi connectivity index (χ2v) is 4.01. The van der Waals surface area contributed by atoms with E-state index in [2.05, 4.69) is 10.3 Å². The van der Waals surface area contributed by atoms with Gasteiger partial charge in [-0.15, -0.1) is 0 Å². The molecule has 1 fully saturated rings. The van der Waals surface area contributed by atoms with Crippen molar-refractivity contribution in [2.75, 3.05) is 24.7 Å². The number of aromatic nitrogens is 1. The summed E-state index contributed by atoms with van der Waals surface area (Å²) in [6.45, 7) is 0.723. The minimum Gasteiger partial charge on any atom is -0.397 e. The summed E-state index contributed by atoms with van der Waals surface area (Å²) in [5, 5.41) is 11.8. The quantitative estimate of drug-likeness (QED) is 0.791. The summed E-state index contributed by atoms with van der Waals surface area (Å²) in [6.07, 6.45) is 3.72. The van der Waals surface area contributed by atoms with Gasteiger partial charge >= 0.3 is 0 Å². The molecular weight excluding hydrogens is 204 g/mol. The van der Waals surface area contributed by atoms with E-state index in [1.165, 1.54) is 0 Å². The topological polar surface area (TPSA) is 84.0 Å². The van der Waals surface area contributed by atoms with Crippen LogP contribution in [-0.4, -0.2) is 24.2 Å². The van der Waals surface area contributed by atoms with Gasteiger partial charge in [-0.2, -0.15) is 5.26 Å². The Labute approximate surface area is 94.2 Å². The molecule has 5 heteroatoms. The van der Waals surface area contributed by atoms with Crippen LogP contribution in [0.4, 0.5) is 11.4 Å². The fourth-order valence-electron chi connectivity index (χ4n) is 1.53. The van der Waals surface area contributed by atoms with E-state index in [1.807, 2.05) is 6.07 Å². The predicted octanol–water partition coefficient (Wildman–Crippen LogP) is 1.13. The monoisotopic (exact) mass is 218 g/mol. The number of nitrogens with one attached hydrogen (secondary N) is 1. The van der Waals surface area contributed by atoms with Gasteiger partial charge in [-0.1, -0.05) is 0 Å². The van der Waals surface area contributed by atoms with Crippen LogP contribution >= 0.6 is 0 Å². The largest absolute Gasteiger partial charge is 0.397 e. The van der Waals surface area contributed by atoms with E-state index < -0.39 is 0 Å². The van der Waals surface area contributed by atoms with E-state index in [9.17, 15) is 0 Å². The van der Waals surface area contributed by atoms with Crippen LogP contribution < -0.4 is 11.1 Å². The van der Waals surface area contributed by atoms with Crippen LogP contribution in [0.15, 0.2) is 12.3 Å². The van der Waals surface area contributed by atoms with E-state index in [-0.39, 0.29) is 5.60 Å². The van der Waals surface area contributed by atoms with Crippen LogP contribution in [-0.2, 0) is 4.74 Å². The van der Waals surface area contributed by atoms with Crippen LogP contribution in [0.5, 0.6) is 0 Å². The molecule has 0 bridgehead atoms. The molecule has 1 aromatic heterocycles. The number of hydrogen-bond acceptors (Lipinski definition) is 5. The highest BCUT2D eigenvalue weighted by atomic mass is 16.5. The fourth-order valence-corrected chi connectivity index (χ4v) is 1.53. The van der Waals surface area contributed by atoms with Crippen molar-refractivity contribution in [3.63, 3.8) is 0 Å². The summed E-state index contributed by atoms with van der Waals surface area (Å²) in [5.74, 6) is 0. The summed E-state index contributed by atoms with van der Waals surface area (Å²) in [7, 11) is 1.72. The molecule has 0 atom stereocenters. The second-order valence-electron chi connectivity index (χ2n) is 4.01. The van der Waals surface area contributed by atoms with Crippen LogP contribution in [0.1, 0.15) is 18.5 Å². The Bertz CT molecular complexity index is 434. The van der Waals surface area contributed by atoms with Crippen molar-refractivity contribution < 1.29 is 4.74 Å². The molecule has 2 rings (SSSR count). The van der Waals surface area contributed by atoms with Gasteiger partial charge in [-0.05, 0) is 18.9 Å². The van der Waals surface area contributed by atoms with Crippen LogP contribution in [0.3, 0.4) is 0 Å². The highest BCUT2D eigenvalue weighted by Gasteiger charge is 2.42. The molecule has 16 heavy (non-hydrogen) atoms. The summed E-state index contributed by atoms with van der Waals surface area (Å²) in [4.78, 5) is 3.96. The fraction of sp³-hybridized carbons (Fsp3) is 0.455. The molecule has 0 unspecified atom stereocenters. The average molecular weight is 218 g/mol. The molecule has 1 aromatic rings. The predicted molar refractivity (Wildman–Crippen MR) is 60.8 cm³/mol. The lowest BCUT2D eigenvalue weighted by Gasteiger charge is -2.15. The Morgan fingerprint density at radius 3 is 2.94 bits per heavy atom. The zero-order valence-corrected chi connectivity index (χ0v) is 9.16. The number of nitrogens with two attached hydrogens (primary N) is 1. The van der Waals surface area contributed by atoms with Crippen LogP contribution in [0, 0.1) is 11.3 Å². The Morgan fingerprint density at radius 2 is 2.44 bits per heavy atom. The van der Waals surface area contributed by atoms with E-state index in [4.69, 9.17) is 15.7 Å². The van der Waals surface area contributed by atoms with Gasteiger partial charge in [-0.3, -0.25) is 0 Å². The molecule has 1 aliphatic carbocycles. The van der Waals surface area contributed by atoms with Crippen LogP contribution in [0.25, 0.3) is 0 Å².